The summed E-state index contributed by atoms with van der Waals surface area (Å²) in [5, 5.41) is 8.67. The fourth-order valence-corrected chi connectivity index (χ4v) is 4.13. The normalized spacial score (nSPS) is 15.7. The number of alkyl halides is 3. The molecule has 0 saturated heterocycles. The second kappa shape index (κ2) is 8.51. The van der Waals surface area contributed by atoms with E-state index in [-0.39, 0.29) is 23.5 Å². The molecule has 2 heterocycles. The van der Waals surface area contributed by atoms with E-state index in [1.54, 1.807) is 35.8 Å². The van der Waals surface area contributed by atoms with Crippen molar-refractivity contribution in [2.24, 2.45) is 4.99 Å². The van der Waals surface area contributed by atoms with Crippen LogP contribution in [0.5, 0.6) is 5.75 Å². The average Bonchev–Trinajstić information content (AvgIpc) is 3.05. The van der Waals surface area contributed by atoms with Gasteiger partial charge in [-0.3, -0.25) is 14.4 Å². The van der Waals surface area contributed by atoms with Crippen LogP contribution < -0.4 is 4.18 Å². The summed E-state index contributed by atoms with van der Waals surface area (Å²) >= 11 is 6.00. The second-order valence-corrected chi connectivity index (χ2v) is 9.48. The number of fused-ring (bicyclic) bond motifs is 3. The highest BCUT2D eigenvalue weighted by atomic mass is 35.5. The van der Waals surface area contributed by atoms with E-state index in [1.807, 2.05) is 0 Å². The molecular formula is C21H16ClF3N4O4S. The number of aliphatic imine (C=N–C) groups is 1. The van der Waals surface area contributed by atoms with Crippen LogP contribution in [0, 0.1) is 6.92 Å². The van der Waals surface area contributed by atoms with Gasteiger partial charge in [0.05, 0.1) is 11.4 Å². The highest BCUT2D eigenvalue weighted by Gasteiger charge is 2.48. The number of ketones is 1. The van der Waals surface area contributed by atoms with Crippen molar-refractivity contribution in [1.82, 2.24) is 14.8 Å². The summed E-state index contributed by atoms with van der Waals surface area (Å²) in [7, 11) is -5.89. The van der Waals surface area contributed by atoms with Crippen LogP contribution in [0.3, 0.4) is 0 Å². The van der Waals surface area contributed by atoms with E-state index >= 15 is 0 Å². The first-order valence-electron chi connectivity index (χ1n) is 9.78. The molecule has 0 amide bonds. The molecule has 13 heteroatoms. The molecule has 0 bridgehead atoms. The molecule has 2 aromatic carbocycles. The van der Waals surface area contributed by atoms with Gasteiger partial charge in [-0.25, -0.2) is 0 Å². The van der Waals surface area contributed by atoms with Crippen molar-refractivity contribution < 1.29 is 30.6 Å². The monoisotopic (exact) mass is 512 g/mol. The number of hydrogen-bond donors (Lipinski definition) is 0. The van der Waals surface area contributed by atoms with Gasteiger partial charge < -0.3 is 4.18 Å². The van der Waals surface area contributed by atoms with E-state index in [0.29, 0.717) is 27.9 Å². The minimum atomic E-state index is -5.89. The summed E-state index contributed by atoms with van der Waals surface area (Å²) in [6, 6.07) is 9.37. The topological polar surface area (TPSA) is 104 Å². The SMILES string of the molecule is CC(=O)C[C@@H]1N=C(c2ccc(Cl)cc2)c2cc(OS(=O)(=O)C(F)(F)F)ccc2-n2c(C)nnc21. The number of Topliss-reactive ketones (excluding diaryl/α,β-unsaturated/α-hetero) is 1. The van der Waals surface area contributed by atoms with Crippen LogP contribution >= 0.6 is 11.6 Å². The van der Waals surface area contributed by atoms with Gasteiger partial charge in [-0.05, 0) is 44.2 Å². The molecule has 8 nitrogen and oxygen atoms in total. The molecule has 1 atom stereocenters. The molecule has 0 fully saturated rings. The van der Waals surface area contributed by atoms with E-state index in [9.17, 15) is 26.4 Å². The fourth-order valence-electron chi connectivity index (χ4n) is 3.55. The average molecular weight is 513 g/mol. The third-order valence-electron chi connectivity index (χ3n) is 4.98. The number of carbonyl (C=O) groups is 1. The number of carbonyl (C=O) groups excluding carboxylic acids is 1. The van der Waals surface area contributed by atoms with E-state index < -0.39 is 27.4 Å². The lowest BCUT2D eigenvalue weighted by molar-refractivity contribution is -0.117. The molecule has 1 aromatic heterocycles. The predicted molar refractivity (Wildman–Crippen MR) is 117 cm³/mol. The summed E-state index contributed by atoms with van der Waals surface area (Å²) in [6.07, 6.45) is -0.00494. The van der Waals surface area contributed by atoms with Gasteiger partial charge in [0.2, 0.25) is 0 Å². The van der Waals surface area contributed by atoms with Gasteiger partial charge >= 0.3 is 15.6 Å². The number of nitrogens with zero attached hydrogens (tertiary/aromatic N) is 4. The highest BCUT2D eigenvalue weighted by Crippen LogP contribution is 2.35. The Kier molecular flexibility index (Phi) is 5.98. The third kappa shape index (κ3) is 4.42. The Morgan fingerprint density at radius 2 is 1.82 bits per heavy atom. The Hall–Kier alpha value is -3.25. The molecule has 3 aromatic rings. The Balaban J connectivity index is 1.97. The first-order valence-corrected chi connectivity index (χ1v) is 11.6. The van der Waals surface area contributed by atoms with Crippen LogP contribution in [0.15, 0.2) is 47.5 Å². The molecular weight excluding hydrogens is 497 g/mol. The van der Waals surface area contributed by atoms with Gasteiger partial charge in [0, 0.05) is 22.6 Å². The van der Waals surface area contributed by atoms with Crippen LogP contribution in [0.2, 0.25) is 5.02 Å². The Morgan fingerprint density at radius 3 is 2.44 bits per heavy atom. The largest absolute Gasteiger partial charge is 0.534 e. The maximum Gasteiger partial charge on any atom is 0.534 e. The Morgan fingerprint density at radius 1 is 1.15 bits per heavy atom. The van der Waals surface area contributed by atoms with Gasteiger partial charge in [0.15, 0.2) is 5.82 Å². The summed E-state index contributed by atoms with van der Waals surface area (Å²) in [4.78, 5) is 16.7. The first kappa shape index (κ1) is 23.9. The van der Waals surface area contributed by atoms with Crippen LogP contribution in [0.4, 0.5) is 13.2 Å². The van der Waals surface area contributed by atoms with Crippen molar-refractivity contribution in [2.75, 3.05) is 0 Å². The minimum Gasteiger partial charge on any atom is -0.376 e. The molecule has 0 spiro atoms. The van der Waals surface area contributed by atoms with E-state index in [0.717, 1.165) is 12.1 Å². The summed E-state index contributed by atoms with van der Waals surface area (Å²) < 4.78 is 67.8. The lowest BCUT2D eigenvalue weighted by atomic mass is 10.00. The summed E-state index contributed by atoms with van der Waals surface area (Å²) in [6.45, 7) is 3.06. The maximum absolute atomic E-state index is 12.9. The molecule has 0 radical (unpaired) electrons. The molecule has 0 N–H and O–H groups in total. The van der Waals surface area contributed by atoms with Crippen LogP contribution in [0.1, 0.15) is 42.2 Å². The van der Waals surface area contributed by atoms with E-state index in [4.69, 9.17) is 16.6 Å². The zero-order valence-corrected chi connectivity index (χ0v) is 19.2. The van der Waals surface area contributed by atoms with Gasteiger partial charge in [-0.15, -0.1) is 10.2 Å². The molecule has 4 rings (SSSR count). The number of benzene rings is 2. The molecule has 34 heavy (non-hydrogen) atoms. The van der Waals surface area contributed by atoms with Crippen molar-refractivity contribution in [2.45, 2.75) is 31.8 Å². The van der Waals surface area contributed by atoms with Crippen molar-refractivity contribution in [1.29, 1.82) is 0 Å². The van der Waals surface area contributed by atoms with Crippen molar-refractivity contribution in [3.8, 4) is 11.4 Å². The zero-order valence-electron chi connectivity index (χ0n) is 17.7. The molecule has 1 aliphatic rings. The van der Waals surface area contributed by atoms with Crippen LogP contribution in [-0.2, 0) is 14.9 Å². The maximum atomic E-state index is 12.9. The standard InChI is InChI=1S/C21H16ClF3N4O4S/c1-11(30)9-17-20-28-27-12(2)29(20)18-8-7-15(33-34(31,32)21(23,24)25)10-16(18)19(26-17)13-3-5-14(22)6-4-13/h3-8,10,17H,9H2,1-2H3/t17-/m0/s1. The smallest absolute Gasteiger partial charge is 0.376 e. The lowest BCUT2D eigenvalue weighted by Crippen LogP contribution is -2.28. The van der Waals surface area contributed by atoms with Gasteiger partial charge in [-0.1, -0.05) is 23.7 Å². The molecule has 0 saturated carbocycles. The number of halogens is 4. The molecule has 178 valence electrons. The molecule has 0 unspecified atom stereocenters. The number of rotatable bonds is 5. The van der Waals surface area contributed by atoms with Gasteiger partial charge in [0.25, 0.3) is 0 Å². The third-order valence-corrected chi connectivity index (χ3v) is 6.22. The Labute approximate surface area is 197 Å². The van der Waals surface area contributed by atoms with E-state index in [1.165, 1.54) is 13.0 Å². The number of aryl methyl sites for hydroxylation is 1. The highest BCUT2D eigenvalue weighted by molar-refractivity contribution is 7.88. The summed E-state index contributed by atoms with van der Waals surface area (Å²) in [5.41, 5.74) is -4.09. The second-order valence-electron chi connectivity index (χ2n) is 7.51. The molecule has 1 aliphatic heterocycles. The summed E-state index contributed by atoms with van der Waals surface area (Å²) in [5.74, 6) is 0.0705. The zero-order chi connectivity index (χ0) is 24.8. The van der Waals surface area contributed by atoms with Crippen molar-refractivity contribution >= 4 is 33.2 Å². The lowest BCUT2D eigenvalue weighted by Gasteiger charge is -2.15. The van der Waals surface area contributed by atoms with Gasteiger partial charge in [-0.2, -0.15) is 21.6 Å². The molecule has 0 aliphatic carbocycles. The minimum absolute atomic E-state index is 0.00494. The Bertz CT molecular complexity index is 1420. The van der Waals surface area contributed by atoms with E-state index in [2.05, 4.69) is 14.4 Å². The number of aromatic nitrogens is 3. The van der Waals surface area contributed by atoms with Crippen molar-refractivity contribution in [3.63, 3.8) is 0 Å². The van der Waals surface area contributed by atoms with Gasteiger partial charge in [0.1, 0.15) is 23.4 Å². The van der Waals surface area contributed by atoms with Crippen molar-refractivity contribution in [3.05, 3.63) is 70.3 Å². The van der Waals surface area contributed by atoms with Crippen LogP contribution in [-0.4, -0.2) is 40.2 Å². The fraction of sp³-hybridized carbons (Fsp3) is 0.238. The first-order chi connectivity index (χ1) is 15.9. The number of hydrogen-bond acceptors (Lipinski definition) is 7. The predicted octanol–water partition coefficient (Wildman–Crippen LogP) is 4.33. The quantitative estimate of drug-likeness (QED) is 0.372. The van der Waals surface area contributed by atoms with Crippen LogP contribution in [0.25, 0.3) is 5.69 Å².